The molecule has 0 N–H and O–H groups in total. The fourth-order valence-corrected chi connectivity index (χ4v) is 4.07. The number of thiazole rings is 1. The van der Waals surface area contributed by atoms with Crippen LogP contribution in [0.25, 0.3) is 6.08 Å². The van der Waals surface area contributed by atoms with E-state index in [2.05, 4.69) is 36.2 Å². The molecule has 0 spiro atoms. The van der Waals surface area contributed by atoms with Crippen LogP contribution in [-0.4, -0.2) is 41.6 Å². The van der Waals surface area contributed by atoms with E-state index in [0.717, 1.165) is 47.0 Å². The predicted octanol–water partition coefficient (Wildman–Crippen LogP) is 4.35. The number of benzene rings is 1. The number of nitrogens with zero attached hydrogens (tertiary/aromatic N) is 2. The van der Waals surface area contributed by atoms with Gasteiger partial charge in [0.2, 0.25) is 0 Å². The number of ether oxygens (including phenoxy) is 1. The van der Waals surface area contributed by atoms with Crippen LogP contribution >= 0.6 is 11.3 Å². The lowest BCUT2D eigenvalue weighted by molar-refractivity contribution is 0.0557. The third kappa shape index (κ3) is 4.80. The van der Waals surface area contributed by atoms with Gasteiger partial charge in [0.25, 0.3) is 5.91 Å². The zero-order valence-corrected chi connectivity index (χ0v) is 16.3. The second kappa shape index (κ2) is 9.10. The van der Waals surface area contributed by atoms with Gasteiger partial charge in [0.1, 0.15) is 4.88 Å². The lowest BCUT2D eigenvalue weighted by Crippen LogP contribution is -2.37. The van der Waals surface area contributed by atoms with Crippen molar-refractivity contribution in [3.63, 3.8) is 0 Å². The van der Waals surface area contributed by atoms with Gasteiger partial charge in [0.15, 0.2) is 0 Å². The zero-order valence-electron chi connectivity index (χ0n) is 15.5. The second-order valence-electron chi connectivity index (χ2n) is 6.53. The van der Waals surface area contributed by atoms with Crippen molar-refractivity contribution in [3.8, 4) is 0 Å². The van der Waals surface area contributed by atoms with Crippen LogP contribution in [0, 0.1) is 6.92 Å². The number of amides is 1. The number of aromatic nitrogens is 1. The minimum Gasteiger partial charge on any atom is -0.376 e. The molecule has 4 nitrogen and oxygen atoms in total. The van der Waals surface area contributed by atoms with Crippen LogP contribution in [0.4, 0.5) is 0 Å². The Morgan fingerprint density at radius 1 is 1.38 bits per heavy atom. The van der Waals surface area contributed by atoms with Crippen molar-refractivity contribution in [1.29, 1.82) is 0 Å². The minimum atomic E-state index is 0.0629. The fourth-order valence-electron chi connectivity index (χ4n) is 3.10. The Hall–Kier alpha value is -1.98. The van der Waals surface area contributed by atoms with Crippen molar-refractivity contribution in [2.24, 2.45) is 0 Å². The lowest BCUT2D eigenvalue weighted by atomic mass is 10.2. The lowest BCUT2D eigenvalue weighted by Gasteiger charge is -2.24. The van der Waals surface area contributed by atoms with Gasteiger partial charge in [-0.25, -0.2) is 4.98 Å². The highest BCUT2D eigenvalue weighted by atomic mass is 32.1. The maximum atomic E-state index is 13.1. The summed E-state index contributed by atoms with van der Waals surface area (Å²) in [5.74, 6) is 0.0629. The Balaban J connectivity index is 1.74. The second-order valence-corrected chi connectivity index (χ2v) is 7.62. The summed E-state index contributed by atoms with van der Waals surface area (Å²) in [6.45, 7) is 6.00. The van der Waals surface area contributed by atoms with Gasteiger partial charge in [-0.1, -0.05) is 49.4 Å². The highest BCUT2D eigenvalue weighted by Gasteiger charge is 2.25. The van der Waals surface area contributed by atoms with Crippen molar-refractivity contribution < 1.29 is 9.53 Å². The van der Waals surface area contributed by atoms with Crippen LogP contribution in [0.1, 0.15) is 45.7 Å². The molecule has 1 aliphatic rings. The normalized spacial score (nSPS) is 17.1. The van der Waals surface area contributed by atoms with Crippen LogP contribution in [0.15, 0.2) is 36.4 Å². The van der Waals surface area contributed by atoms with E-state index in [1.54, 1.807) is 0 Å². The number of carbonyl (C=O) groups excluding carboxylic acids is 1. The average molecular weight is 371 g/mol. The molecule has 1 saturated heterocycles. The van der Waals surface area contributed by atoms with E-state index < -0.39 is 0 Å². The molecule has 1 aromatic carbocycles. The molecule has 2 heterocycles. The summed E-state index contributed by atoms with van der Waals surface area (Å²) in [6.07, 6.45) is 7.22. The summed E-state index contributed by atoms with van der Waals surface area (Å²) in [7, 11) is 0. The van der Waals surface area contributed by atoms with Crippen LogP contribution in [0.5, 0.6) is 0 Å². The van der Waals surface area contributed by atoms with E-state index in [-0.39, 0.29) is 12.0 Å². The minimum absolute atomic E-state index is 0.0629. The maximum Gasteiger partial charge on any atom is 0.266 e. The molecule has 0 bridgehead atoms. The highest BCUT2D eigenvalue weighted by Crippen LogP contribution is 2.22. The molecule has 1 amide bonds. The standard InChI is InChI=1S/C21H26N2O2S/c1-3-19-22-16(2)20(26-19)21(24)23(15-18-12-8-14-25-18)13-7-11-17-9-5-4-6-10-17/h4-7,9-11,18H,3,8,12-15H2,1-2H3. The van der Waals surface area contributed by atoms with Gasteiger partial charge in [0.05, 0.1) is 16.8 Å². The van der Waals surface area contributed by atoms with Gasteiger partial charge in [0, 0.05) is 19.7 Å². The average Bonchev–Trinajstić information content (AvgIpc) is 3.30. The van der Waals surface area contributed by atoms with Gasteiger partial charge < -0.3 is 9.64 Å². The summed E-state index contributed by atoms with van der Waals surface area (Å²) >= 11 is 1.52. The summed E-state index contributed by atoms with van der Waals surface area (Å²) in [4.78, 5) is 20.3. The van der Waals surface area contributed by atoms with Crippen LogP contribution < -0.4 is 0 Å². The first-order valence-electron chi connectivity index (χ1n) is 9.26. The Morgan fingerprint density at radius 2 is 2.19 bits per heavy atom. The molecule has 0 saturated carbocycles. The van der Waals surface area contributed by atoms with Crippen LogP contribution in [0.2, 0.25) is 0 Å². The van der Waals surface area contributed by atoms with E-state index in [1.165, 1.54) is 11.3 Å². The topological polar surface area (TPSA) is 42.4 Å². The molecule has 0 aliphatic carbocycles. The third-order valence-electron chi connectivity index (χ3n) is 4.51. The monoisotopic (exact) mass is 370 g/mol. The molecular formula is C21H26N2O2S. The number of rotatable bonds is 7. The molecule has 138 valence electrons. The van der Waals surface area contributed by atoms with E-state index in [1.807, 2.05) is 30.0 Å². The summed E-state index contributed by atoms with van der Waals surface area (Å²) in [6, 6.07) is 10.2. The first-order chi connectivity index (χ1) is 12.7. The first kappa shape index (κ1) is 18.8. The molecule has 3 rings (SSSR count). The van der Waals surface area contributed by atoms with Crippen molar-refractivity contribution >= 4 is 23.3 Å². The molecule has 1 aliphatic heterocycles. The van der Waals surface area contributed by atoms with E-state index in [0.29, 0.717) is 13.1 Å². The molecule has 2 aromatic rings. The Kier molecular flexibility index (Phi) is 6.58. The molecular weight excluding hydrogens is 344 g/mol. The molecule has 1 fully saturated rings. The molecule has 1 aromatic heterocycles. The van der Waals surface area contributed by atoms with Gasteiger partial charge in [-0.05, 0) is 31.7 Å². The fraction of sp³-hybridized carbons (Fsp3) is 0.429. The van der Waals surface area contributed by atoms with Crippen molar-refractivity contribution in [3.05, 3.63) is 57.6 Å². The van der Waals surface area contributed by atoms with Gasteiger partial charge in [-0.15, -0.1) is 11.3 Å². The van der Waals surface area contributed by atoms with E-state index in [9.17, 15) is 4.79 Å². The predicted molar refractivity (Wildman–Crippen MR) is 107 cm³/mol. The Labute approximate surface area is 159 Å². The van der Waals surface area contributed by atoms with Crippen molar-refractivity contribution in [2.45, 2.75) is 39.2 Å². The number of hydrogen-bond donors (Lipinski definition) is 0. The zero-order chi connectivity index (χ0) is 18.4. The number of aryl methyl sites for hydroxylation is 2. The molecule has 5 heteroatoms. The Bertz CT molecular complexity index is 749. The summed E-state index contributed by atoms with van der Waals surface area (Å²) in [5, 5.41) is 1.02. The van der Waals surface area contributed by atoms with Crippen molar-refractivity contribution in [2.75, 3.05) is 19.7 Å². The van der Waals surface area contributed by atoms with E-state index in [4.69, 9.17) is 4.74 Å². The molecule has 1 unspecified atom stereocenters. The van der Waals surface area contributed by atoms with Crippen LogP contribution in [-0.2, 0) is 11.2 Å². The number of carbonyl (C=O) groups is 1. The molecule has 0 radical (unpaired) electrons. The van der Waals surface area contributed by atoms with E-state index >= 15 is 0 Å². The molecule has 1 atom stereocenters. The summed E-state index contributed by atoms with van der Waals surface area (Å²) < 4.78 is 5.76. The summed E-state index contributed by atoms with van der Waals surface area (Å²) in [5.41, 5.74) is 1.97. The highest BCUT2D eigenvalue weighted by molar-refractivity contribution is 7.13. The smallest absolute Gasteiger partial charge is 0.266 e. The van der Waals surface area contributed by atoms with Gasteiger partial charge in [-0.3, -0.25) is 4.79 Å². The van der Waals surface area contributed by atoms with Crippen LogP contribution in [0.3, 0.4) is 0 Å². The van der Waals surface area contributed by atoms with Gasteiger partial charge >= 0.3 is 0 Å². The number of hydrogen-bond acceptors (Lipinski definition) is 4. The maximum absolute atomic E-state index is 13.1. The van der Waals surface area contributed by atoms with Crippen molar-refractivity contribution in [1.82, 2.24) is 9.88 Å². The van der Waals surface area contributed by atoms with Gasteiger partial charge in [-0.2, -0.15) is 0 Å². The molecule has 26 heavy (non-hydrogen) atoms. The third-order valence-corrected chi connectivity index (χ3v) is 5.80. The quantitative estimate of drug-likeness (QED) is 0.728. The Morgan fingerprint density at radius 3 is 2.85 bits per heavy atom. The first-order valence-corrected chi connectivity index (χ1v) is 10.1. The SMILES string of the molecule is CCc1nc(C)c(C(=O)N(CC=Cc2ccccc2)CC2CCCO2)s1. The largest absolute Gasteiger partial charge is 0.376 e.